The van der Waals surface area contributed by atoms with Crippen molar-refractivity contribution < 1.29 is 26.3 Å². The van der Waals surface area contributed by atoms with E-state index in [-0.39, 0.29) is 35.0 Å². The highest BCUT2D eigenvalue weighted by Crippen LogP contribution is 2.29. The van der Waals surface area contributed by atoms with E-state index in [2.05, 4.69) is 5.10 Å². The average molecular weight is 405 g/mol. The highest BCUT2D eigenvalue weighted by molar-refractivity contribution is 7.89. The fourth-order valence-electron chi connectivity index (χ4n) is 2.93. The molecule has 0 saturated carbocycles. The number of hydrogen-bond donors (Lipinski definition) is 0. The summed E-state index contributed by atoms with van der Waals surface area (Å²) in [5.41, 5.74) is -0.0535. The van der Waals surface area contributed by atoms with E-state index in [0.717, 1.165) is 4.31 Å². The molecular weight excluding hydrogens is 383 g/mol. The Kier molecular flexibility index (Phi) is 6.66. The van der Waals surface area contributed by atoms with Crippen LogP contribution in [0.4, 0.5) is 13.2 Å². The topological polar surface area (TPSA) is 64.4 Å². The van der Waals surface area contributed by atoms with E-state index in [0.29, 0.717) is 4.68 Å². The summed E-state index contributed by atoms with van der Waals surface area (Å²) in [7, 11) is -2.83. The summed E-state index contributed by atoms with van der Waals surface area (Å²) in [5, 5.41) is 3.64. The maximum absolute atomic E-state index is 14.1. The van der Waals surface area contributed by atoms with Crippen LogP contribution in [0.2, 0.25) is 0 Å². The molecule has 0 bridgehead atoms. The largest absolute Gasteiger partial charge is 0.383 e. The van der Waals surface area contributed by atoms with E-state index in [4.69, 9.17) is 4.74 Å². The Labute approximate surface area is 156 Å². The van der Waals surface area contributed by atoms with Crippen LogP contribution >= 0.6 is 0 Å². The van der Waals surface area contributed by atoms with Crippen LogP contribution < -0.4 is 0 Å². The van der Waals surface area contributed by atoms with E-state index in [1.165, 1.54) is 39.2 Å². The number of methoxy groups -OCH3 is 1. The molecule has 27 heavy (non-hydrogen) atoms. The second-order valence-corrected chi connectivity index (χ2v) is 8.00. The van der Waals surface area contributed by atoms with Crippen LogP contribution in [0.1, 0.15) is 30.4 Å². The van der Waals surface area contributed by atoms with Gasteiger partial charge in [-0.2, -0.15) is 18.2 Å². The first-order valence-corrected chi connectivity index (χ1v) is 9.63. The summed E-state index contributed by atoms with van der Waals surface area (Å²) < 4.78 is 73.4. The fraction of sp³-hybridized carbons (Fsp3) is 0.471. The van der Waals surface area contributed by atoms with Crippen molar-refractivity contribution >= 4 is 10.0 Å². The monoisotopic (exact) mass is 405 g/mol. The number of ether oxygens (including phenoxy) is 1. The van der Waals surface area contributed by atoms with Crippen LogP contribution in [0.5, 0.6) is 0 Å². The van der Waals surface area contributed by atoms with Gasteiger partial charge >= 0.3 is 6.55 Å². The fourth-order valence-corrected chi connectivity index (χ4v) is 4.88. The minimum absolute atomic E-state index is 0.0454. The van der Waals surface area contributed by atoms with Gasteiger partial charge in [0.2, 0.25) is 10.0 Å². The SMILES string of the molecule is COC[C@@H](C)N(Cc1ccccc1F)S(=O)(=O)c1c(C)nn(C(F)F)c1C. The molecule has 10 heteroatoms. The molecule has 0 N–H and O–H groups in total. The molecule has 150 valence electrons. The normalized spacial score (nSPS) is 13.5. The molecule has 0 aliphatic heterocycles. The third-order valence-corrected chi connectivity index (χ3v) is 6.41. The molecule has 2 rings (SSSR count). The maximum Gasteiger partial charge on any atom is 0.333 e. The van der Waals surface area contributed by atoms with Crippen molar-refractivity contribution in [2.24, 2.45) is 0 Å². The summed E-state index contributed by atoms with van der Waals surface area (Å²) in [5.74, 6) is -0.556. The lowest BCUT2D eigenvalue weighted by Gasteiger charge is -2.28. The van der Waals surface area contributed by atoms with Crippen molar-refractivity contribution in [2.45, 2.75) is 44.8 Å². The smallest absolute Gasteiger partial charge is 0.333 e. The van der Waals surface area contributed by atoms with Crippen molar-refractivity contribution in [3.05, 3.63) is 47.0 Å². The molecule has 1 aromatic carbocycles. The van der Waals surface area contributed by atoms with Gasteiger partial charge in [-0.15, -0.1) is 0 Å². The molecule has 1 atom stereocenters. The van der Waals surface area contributed by atoms with Gasteiger partial charge in [-0.25, -0.2) is 17.5 Å². The van der Waals surface area contributed by atoms with Crippen molar-refractivity contribution in [3.8, 4) is 0 Å². The molecular formula is C17H22F3N3O3S. The van der Waals surface area contributed by atoms with Crippen LogP contribution in [0.3, 0.4) is 0 Å². The molecule has 0 radical (unpaired) electrons. The number of benzene rings is 1. The number of rotatable bonds is 8. The number of aryl methyl sites for hydroxylation is 1. The van der Waals surface area contributed by atoms with Gasteiger partial charge in [-0.1, -0.05) is 18.2 Å². The summed E-state index contributed by atoms with van der Waals surface area (Å²) in [4.78, 5) is -0.304. The highest BCUT2D eigenvalue weighted by Gasteiger charge is 2.35. The highest BCUT2D eigenvalue weighted by atomic mass is 32.2. The lowest BCUT2D eigenvalue weighted by atomic mass is 10.2. The zero-order chi connectivity index (χ0) is 20.4. The van der Waals surface area contributed by atoms with Crippen LogP contribution in [0, 0.1) is 19.7 Å². The molecule has 1 heterocycles. The quantitative estimate of drug-likeness (QED) is 0.676. The van der Waals surface area contributed by atoms with Crippen LogP contribution in [-0.4, -0.2) is 42.3 Å². The number of sulfonamides is 1. The Bertz CT molecular complexity index is 900. The number of nitrogens with zero attached hydrogens (tertiary/aromatic N) is 3. The molecule has 0 spiro atoms. The van der Waals surface area contributed by atoms with E-state index in [1.54, 1.807) is 13.0 Å². The molecule has 0 amide bonds. The van der Waals surface area contributed by atoms with Crippen LogP contribution in [0.25, 0.3) is 0 Å². The number of hydrogen-bond acceptors (Lipinski definition) is 4. The predicted molar refractivity (Wildman–Crippen MR) is 93.4 cm³/mol. The van der Waals surface area contributed by atoms with Crippen molar-refractivity contribution in [1.82, 2.24) is 14.1 Å². The van der Waals surface area contributed by atoms with Gasteiger partial charge in [0.15, 0.2) is 0 Å². The van der Waals surface area contributed by atoms with E-state index in [9.17, 15) is 21.6 Å². The van der Waals surface area contributed by atoms with Crippen LogP contribution in [-0.2, 0) is 21.3 Å². The van der Waals surface area contributed by atoms with Crippen molar-refractivity contribution in [2.75, 3.05) is 13.7 Å². The van der Waals surface area contributed by atoms with E-state index >= 15 is 0 Å². The number of aromatic nitrogens is 2. The minimum atomic E-state index is -4.24. The Morgan fingerprint density at radius 1 is 1.26 bits per heavy atom. The number of halogens is 3. The van der Waals surface area contributed by atoms with Gasteiger partial charge in [-0.05, 0) is 26.8 Å². The minimum Gasteiger partial charge on any atom is -0.383 e. The van der Waals surface area contributed by atoms with E-state index in [1.807, 2.05) is 0 Å². The lowest BCUT2D eigenvalue weighted by molar-refractivity contribution is 0.0538. The molecule has 0 aliphatic rings. The Morgan fingerprint density at radius 2 is 1.89 bits per heavy atom. The Hall–Kier alpha value is -1.91. The third kappa shape index (κ3) is 4.33. The van der Waals surface area contributed by atoms with Gasteiger partial charge in [0.05, 0.1) is 18.0 Å². The number of alkyl halides is 2. The van der Waals surface area contributed by atoms with Gasteiger partial charge in [0.1, 0.15) is 10.7 Å². The van der Waals surface area contributed by atoms with Gasteiger partial charge in [-0.3, -0.25) is 0 Å². The molecule has 2 aromatic rings. The Balaban J connectivity index is 2.56. The zero-order valence-corrected chi connectivity index (χ0v) is 16.3. The summed E-state index contributed by atoms with van der Waals surface area (Å²) in [6.45, 7) is 1.03. The summed E-state index contributed by atoms with van der Waals surface area (Å²) >= 11 is 0. The average Bonchev–Trinajstić information content (AvgIpc) is 2.89. The predicted octanol–water partition coefficient (Wildman–Crippen LogP) is 3.26. The molecule has 0 fully saturated rings. The zero-order valence-electron chi connectivity index (χ0n) is 15.5. The van der Waals surface area contributed by atoms with Gasteiger partial charge in [0.25, 0.3) is 0 Å². The first-order valence-electron chi connectivity index (χ1n) is 8.19. The molecule has 1 aromatic heterocycles. The van der Waals surface area contributed by atoms with Gasteiger partial charge < -0.3 is 4.74 Å². The van der Waals surface area contributed by atoms with Crippen molar-refractivity contribution in [3.63, 3.8) is 0 Å². The maximum atomic E-state index is 14.1. The molecule has 0 saturated heterocycles. The molecule has 0 aliphatic carbocycles. The Morgan fingerprint density at radius 3 is 2.41 bits per heavy atom. The molecule has 0 unspecified atom stereocenters. The van der Waals surface area contributed by atoms with Crippen LogP contribution in [0.15, 0.2) is 29.2 Å². The van der Waals surface area contributed by atoms with E-state index < -0.39 is 28.4 Å². The summed E-state index contributed by atoms with van der Waals surface area (Å²) in [6.07, 6.45) is 0. The second kappa shape index (κ2) is 8.41. The second-order valence-electron chi connectivity index (χ2n) is 6.17. The first kappa shape index (κ1) is 21.4. The summed E-state index contributed by atoms with van der Waals surface area (Å²) in [6, 6.07) is 5.13. The third-order valence-electron chi connectivity index (χ3n) is 4.19. The van der Waals surface area contributed by atoms with Crippen molar-refractivity contribution in [1.29, 1.82) is 0 Å². The van der Waals surface area contributed by atoms with Gasteiger partial charge in [0, 0.05) is 25.3 Å². The first-order chi connectivity index (χ1) is 12.6. The lowest BCUT2D eigenvalue weighted by Crippen LogP contribution is -2.41. The standard InChI is InChI=1S/C17H22F3N3O3S/c1-11(10-26-4)22(9-14-7-5-6-8-15(14)18)27(24,25)16-12(2)21-23(13(16)3)17(19)20/h5-8,11,17H,9-10H2,1-4H3/t11-/m1/s1. The molecule has 6 nitrogen and oxygen atoms in total.